The number of carbonyl (C=O) groups excluding carboxylic acids is 1. The molecule has 0 unspecified atom stereocenters. The lowest BCUT2D eigenvalue weighted by Gasteiger charge is -2.12. The van der Waals surface area contributed by atoms with E-state index in [9.17, 15) is 15.2 Å². The highest BCUT2D eigenvalue weighted by Gasteiger charge is 2.36. The fourth-order valence-corrected chi connectivity index (χ4v) is 2.01. The molecule has 0 spiro atoms. The van der Waals surface area contributed by atoms with Gasteiger partial charge in [-0.3, -0.25) is 0 Å². The van der Waals surface area contributed by atoms with Gasteiger partial charge in [0.2, 0.25) is 5.52 Å². The summed E-state index contributed by atoms with van der Waals surface area (Å²) in [6.45, 7) is 0. The molecular formula is C13H10N4O3. The van der Waals surface area contributed by atoms with E-state index in [0.29, 0.717) is 9.46 Å². The van der Waals surface area contributed by atoms with Crippen molar-refractivity contribution in [2.45, 2.75) is 12.8 Å². The predicted octanol–water partition coefficient (Wildman–Crippen LogP) is 0.327. The molecule has 1 aliphatic carbocycles. The van der Waals surface area contributed by atoms with E-state index in [2.05, 4.69) is 5.32 Å². The average Bonchev–Trinajstić information content (AvgIpc) is 3.29. The molecule has 1 N–H and O–H groups in total. The monoisotopic (exact) mass is 270 g/mol. The van der Waals surface area contributed by atoms with E-state index in [-0.39, 0.29) is 28.7 Å². The standard InChI is InChI=1S/C13H10N4O3/c14-7-11-12(15-13(18)8-5-6-8)17(20)10-4-2-1-3-9(10)16(11)19/h1-4,8H,5-6H2,(H,15,18). The first-order valence-electron chi connectivity index (χ1n) is 6.12. The van der Waals surface area contributed by atoms with E-state index in [4.69, 9.17) is 5.26 Å². The van der Waals surface area contributed by atoms with Crippen molar-refractivity contribution in [1.82, 2.24) is 0 Å². The van der Waals surface area contributed by atoms with Crippen LogP contribution in [0.2, 0.25) is 0 Å². The lowest BCUT2D eigenvalue weighted by molar-refractivity contribution is -0.620. The minimum atomic E-state index is -0.410. The molecule has 0 aliphatic heterocycles. The highest BCUT2D eigenvalue weighted by Crippen LogP contribution is 2.30. The minimum absolute atomic E-state index is 0.0865. The molecule has 7 nitrogen and oxygen atoms in total. The highest BCUT2D eigenvalue weighted by molar-refractivity contribution is 5.93. The molecule has 2 aromatic rings. The molecule has 1 fully saturated rings. The Morgan fingerprint density at radius 3 is 2.40 bits per heavy atom. The SMILES string of the molecule is N#Cc1c(NC(=O)C2CC2)[n+]([O-])c2ccccc2[n+]1[O-]. The van der Waals surface area contributed by atoms with E-state index < -0.39 is 5.69 Å². The summed E-state index contributed by atoms with van der Waals surface area (Å²) in [4.78, 5) is 11.8. The largest absolute Gasteiger partial charge is 0.710 e. The molecule has 20 heavy (non-hydrogen) atoms. The Balaban J connectivity index is 2.21. The van der Waals surface area contributed by atoms with Gasteiger partial charge in [0.25, 0.3) is 5.52 Å². The maximum Gasteiger partial charge on any atom is 0.386 e. The van der Waals surface area contributed by atoms with Gasteiger partial charge in [-0.1, -0.05) is 12.1 Å². The molecule has 100 valence electrons. The van der Waals surface area contributed by atoms with Crippen LogP contribution in [0.15, 0.2) is 24.3 Å². The fourth-order valence-electron chi connectivity index (χ4n) is 2.01. The zero-order chi connectivity index (χ0) is 14.3. The molecular weight excluding hydrogens is 260 g/mol. The Hall–Kier alpha value is -2.88. The summed E-state index contributed by atoms with van der Waals surface area (Å²) in [6.07, 6.45) is 1.52. The Bertz CT molecular complexity index is 762. The second-order valence-electron chi connectivity index (χ2n) is 4.65. The third kappa shape index (κ3) is 1.78. The molecule has 0 bridgehead atoms. The number of anilines is 1. The summed E-state index contributed by atoms with van der Waals surface area (Å²) in [5, 5.41) is 35.8. The van der Waals surface area contributed by atoms with Gasteiger partial charge in [-0.05, 0) is 18.9 Å². The molecule has 0 atom stereocenters. The molecule has 7 heteroatoms. The van der Waals surface area contributed by atoms with Crippen molar-refractivity contribution in [3.63, 3.8) is 0 Å². The molecule has 1 aromatic heterocycles. The van der Waals surface area contributed by atoms with Crippen molar-refractivity contribution in [2.75, 3.05) is 5.32 Å². The zero-order valence-electron chi connectivity index (χ0n) is 10.4. The van der Waals surface area contributed by atoms with Crippen molar-refractivity contribution in [3.05, 3.63) is 40.4 Å². The lowest BCUT2D eigenvalue weighted by Crippen LogP contribution is -2.44. The van der Waals surface area contributed by atoms with Gasteiger partial charge in [0.1, 0.15) is 0 Å². The fraction of sp³-hybridized carbons (Fsp3) is 0.231. The van der Waals surface area contributed by atoms with Crippen LogP contribution < -0.4 is 14.8 Å². The summed E-state index contributed by atoms with van der Waals surface area (Å²) in [5.41, 5.74) is -0.219. The number of rotatable bonds is 2. The topological polar surface area (TPSA) is 107 Å². The summed E-state index contributed by atoms with van der Waals surface area (Å²) in [7, 11) is 0. The third-order valence-corrected chi connectivity index (χ3v) is 3.25. The first kappa shape index (κ1) is 12.2. The third-order valence-electron chi connectivity index (χ3n) is 3.25. The van der Waals surface area contributed by atoms with Crippen LogP contribution in [-0.2, 0) is 4.79 Å². The average molecular weight is 270 g/mol. The van der Waals surface area contributed by atoms with Crippen LogP contribution in [-0.4, -0.2) is 5.91 Å². The maximum atomic E-state index is 12.2. The predicted molar refractivity (Wildman–Crippen MR) is 67.9 cm³/mol. The molecule has 1 aliphatic rings. The Labute approximate surface area is 113 Å². The molecule has 3 rings (SSSR count). The van der Waals surface area contributed by atoms with Gasteiger partial charge < -0.3 is 10.4 Å². The Morgan fingerprint density at radius 2 is 1.85 bits per heavy atom. The molecule has 1 amide bonds. The van der Waals surface area contributed by atoms with E-state index in [1.807, 2.05) is 0 Å². The number of nitrogens with zero attached hydrogens (tertiary/aromatic N) is 3. The Kier molecular flexibility index (Phi) is 2.64. The molecule has 1 aromatic carbocycles. The van der Waals surface area contributed by atoms with Crippen molar-refractivity contribution in [2.24, 2.45) is 5.92 Å². The first-order valence-corrected chi connectivity index (χ1v) is 6.12. The van der Waals surface area contributed by atoms with Gasteiger partial charge in [0.15, 0.2) is 6.07 Å². The van der Waals surface area contributed by atoms with Crippen molar-refractivity contribution in [3.8, 4) is 6.07 Å². The van der Waals surface area contributed by atoms with Gasteiger partial charge in [-0.15, -0.1) is 4.73 Å². The minimum Gasteiger partial charge on any atom is -0.710 e. The first-order chi connectivity index (χ1) is 9.63. The number of fused-ring (bicyclic) bond motifs is 1. The van der Waals surface area contributed by atoms with Crippen molar-refractivity contribution < 1.29 is 14.3 Å². The number of aromatic nitrogens is 2. The summed E-state index contributed by atoms with van der Waals surface area (Å²) in [5.74, 6) is -0.771. The normalized spacial score (nSPS) is 13.9. The second kappa shape index (κ2) is 4.35. The van der Waals surface area contributed by atoms with Crippen LogP contribution in [0.25, 0.3) is 11.0 Å². The number of para-hydroxylation sites is 2. The maximum absolute atomic E-state index is 12.2. The van der Waals surface area contributed by atoms with E-state index in [0.717, 1.165) is 12.8 Å². The molecule has 1 saturated carbocycles. The van der Waals surface area contributed by atoms with E-state index in [1.54, 1.807) is 18.2 Å². The molecule has 1 heterocycles. The van der Waals surface area contributed by atoms with E-state index in [1.165, 1.54) is 12.1 Å². The van der Waals surface area contributed by atoms with Crippen molar-refractivity contribution in [1.29, 1.82) is 5.26 Å². The van der Waals surface area contributed by atoms with Gasteiger partial charge in [0.05, 0.1) is 5.92 Å². The van der Waals surface area contributed by atoms with Gasteiger partial charge >= 0.3 is 17.4 Å². The summed E-state index contributed by atoms with van der Waals surface area (Å²) < 4.78 is 0.787. The molecule has 0 radical (unpaired) electrons. The van der Waals surface area contributed by atoms with Gasteiger partial charge in [-0.25, -0.2) is 14.8 Å². The lowest BCUT2D eigenvalue weighted by atomic mass is 10.2. The number of amides is 1. The number of hydrogen-bond donors (Lipinski definition) is 1. The van der Waals surface area contributed by atoms with Crippen LogP contribution in [0.1, 0.15) is 18.5 Å². The summed E-state index contributed by atoms with van der Waals surface area (Å²) in [6, 6.07) is 7.79. The Morgan fingerprint density at radius 1 is 1.25 bits per heavy atom. The van der Waals surface area contributed by atoms with Crippen LogP contribution in [0.4, 0.5) is 5.82 Å². The van der Waals surface area contributed by atoms with E-state index >= 15 is 0 Å². The molecule has 0 saturated heterocycles. The smallest absolute Gasteiger partial charge is 0.386 e. The van der Waals surface area contributed by atoms with Crippen LogP contribution >= 0.6 is 0 Å². The number of nitriles is 1. The van der Waals surface area contributed by atoms with Gasteiger partial charge in [-0.2, -0.15) is 5.26 Å². The highest BCUT2D eigenvalue weighted by atomic mass is 16.5. The quantitative estimate of drug-likeness (QED) is 0.626. The number of benzene rings is 1. The summed E-state index contributed by atoms with van der Waals surface area (Å²) >= 11 is 0. The zero-order valence-corrected chi connectivity index (χ0v) is 10.4. The number of nitrogens with one attached hydrogen (secondary N) is 1. The van der Waals surface area contributed by atoms with Crippen LogP contribution in [0, 0.1) is 27.7 Å². The van der Waals surface area contributed by atoms with Crippen LogP contribution in [0.5, 0.6) is 0 Å². The van der Waals surface area contributed by atoms with Crippen molar-refractivity contribution >= 4 is 22.8 Å². The van der Waals surface area contributed by atoms with Gasteiger partial charge in [0, 0.05) is 6.07 Å². The number of carbonyl (C=O) groups is 1. The second-order valence-corrected chi connectivity index (χ2v) is 4.65. The van der Waals surface area contributed by atoms with Crippen LogP contribution in [0.3, 0.4) is 0 Å². The number of hydrogen-bond acceptors (Lipinski definition) is 4.